The molecule has 2 N–H and O–H groups in total. The third-order valence-electron chi connectivity index (χ3n) is 3.44. The number of carbonyl (C=O) groups is 1. The maximum Gasteiger partial charge on any atom is 0.319 e. The van der Waals surface area contributed by atoms with Crippen LogP contribution in [0.2, 0.25) is 0 Å². The molecule has 2 aromatic carbocycles. The van der Waals surface area contributed by atoms with Crippen molar-refractivity contribution in [2.24, 2.45) is 0 Å². The van der Waals surface area contributed by atoms with E-state index < -0.39 is 21.7 Å². The monoisotopic (exact) mass is 375 g/mol. The Morgan fingerprint density at radius 1 is 1.12 bits per heavy atom. The Balaban J connectivity index is 1.67. The van der Waals surface area contributed by atoms with Gasteiger partial charge in [-0.05, 0) is 42.5 Å². The van der Waals surface area contributed by atoms with E-state index in [0.29, 0.717) is 11.4 Å². The van der Waals surface area contributed by atoms with Gasteiger partial charge in [0.2, 0.25) is 9.84 Å². The minimum atomic E-state index is -3.83. The number of sulfone groups is 1. The van der Waals surface area contributed by atoms with Crippen molar-refractivity contribution in [3.8, 4) is 0 Å². The van der Waals surface area contributed by atoms with Crippen LogP contribution >= 0.6 is 0 Å². The molecule has 7 nitrogen and oxygen atoms in total. The smallest absolute Gasteiger partial charge is 0.319 e. The predicted molar refractivity (Wildman–Crippen MR) is 90.7 cm³/mol. The summed E-state index contributed by atoms with van der Waals surface area (Å²) in [5.74, 6) is -0.135. The van der Waals surface area contributed by atoms with Crippen LogP contribution in [0.25, 0.3) is 0 Å². The Kier molecular flexibility index (Phi) is 4.99. The molecule has 0 aliphatic heterocycles. The van der Waals surface area contributed by atoms with Crippen molar-refractivity contribution in [1.29, 1.82) is 0 Å². The highest BCUT2D eigenvalue weighted by atomic mass is 32.2. The first-order valence-electron chi connectivity index (χ1n) is 7.48. The summed E-state index contributed by atoms with van der Waals surface area (Å²) in [5.41, 5.74) is 0.401. The molecule has 0 aliphatic carbocycles. The van der Waals surface area contributed by atoms with E-state index in [0.717, 1.165) is 6.07 Å². The molecule has 0 fully saturated rings. The highest BCUT2D eigenvalue weighted by Gasteiger charge is 2.18. The fourth-order valence-corrected chi connectivity index (χ4v) is 3.45. The second kappa shape index (κ2) is 7.36. The zero-order chi connectivity index (χ0) is 18.6. The quantitative estimate of drug-likeness (QED) is 0.714. The number of hydrogen-bond donors (Lipinski definition) is 2. The number of halogens is 1. The van der Waals surface area contributed by atoms with Gasteiger partial charge in [-0.15, -0.1) is 0 Å². The number of carbonyl (C=O) groups excluding carboxylic acids is 1. The summed E-state index contributed by atoms with van der Waals surface area (Å²) in [6.45, 7) is 0.165. The fourth-order valence-electron chi connectivity index (χ4n) is 2.16. The number of urea groups is 1. The molecule has 0 spiro atoms. The summed E-state index contributed by atoms with van der Waals surface area (Å²) in [6.07, 6.45) is 2.74. The van der Waals surface area contributed by atoms with E-state index in [4.69, 9.17) is 4.42 Å². The highest BCUT2D eigenvalue weighted by Crippen LogP contribution is 2.22. The minimum absolute atomic E-state index is 0.00396. The molecule has 0 saturated heterocycles. The van der Waals surface area contributed by atoms with Gasteiger partial charge in [-0.2, -0.15) is 0 Å². The predicted octanol–water partition coefficient (Wildman–Crippen LogP) is 2.97. The first kappa shape index (κ1) is 17.6. The Morgan fingerprint density at radius 3 is 2.54 bits per heavy atom. The molecule has 0 atom stereocenters. The molecule has 0 saturated carbocycles. The van der Waals surface area contributed by atoms with Crippen LogP contribution in [0.5, 0.6) is 0 Å². The lowest BCUT2D eigenvalue weighted by molar-refractivity contribution is 0.251. The van der Waals surface area contributed by atoms with Crippen molar-refractivity contribution in [1.82, 2.24) is 10.3 Å². The first-order valence-corrected chi connectivity index (χ1v) is 8.96. The van der Waals surface area contributed by atoms with Gasteiger partial charge in [-0.25, -0.2) is 22.6 Å². The second-order valence-electron chi connectivity index (χ2n) is 5.26. The zero-order valence-corrected chi connectivity index (χ0v) is 14.2. The number of amides is 2. The van der Waals surface area contributed by atoms with E-state index in [-0.39, 0.29) is 16.3 Å². The molecule has 0 bridgehead atoms. The van der Waals surface area contributed by atoms with Gasteiger partial charge in [0.25, 0.3) is 0 Å². The Labute approximate surface area is 148 Å². The summed E-state index contributed by atoms with van der Waals surface area (Å²) < 4.78 is 43.2. The third kappa shape index (κ3) is 4.06. The average Bonchev–Trinajstić information content (AvgIpc) is 3.14. The van der Waals surface area contributed by atoms with Crippen LogP contribution in [0.4, 0.5) is 14.9 Å². The van der Waals surface area contributed by atoms with Crippen molar-refractivity contribution in [3.05, 3.63) is 72.7 Å². The summed E-state index contributed by atoms with van der Waals surface area (Å²) >= 11 is 0. The molecule has 0 radical (unpaired) electrons. The molecular weight excluding hydrogens is 361 g/mol. The number of benzene rings is 2. The molecule has 0 aliphatic rings. The van der Waals surface area contributed by atoms with Crippen LogP contribution in [0.3, 0.4) is 0 Å². The Bertz CT molecular complexity index is 1000. The number of nitrogens with one attached hydrogen (secondary N) is 2. The first-order chi connectivity index (χ1) is 12.4. The maximum absolute atomic E-state index is 13.3. The highest BCUT2D eigenvalue weighted by molar-refractivity contribution is 7.91. The van der Waals surface area contributed by atoms with Gasteiger partial charge < -0.3 is 15.1 Å². The lowest BCUT2D eigenvalue weighted by Gasteiger charge is -2.08. The molecular formula is C17H14FN3O4S. The summed E-state index contributed by atoms with van der Waals surface area (Å²) in [4.78, 5) is 15.4. The van der Waals surface area contributed by atoms with Gasteiger partial charge in [0.15, 0.2) is 6.39 Å². The molecule has 3 rings (SSSR count). The molecule has 3 aromatic rings. The van der Waals surface area contributed by atoms with E-state index in [1.165, 1.54) is 55.1 Å². The second-order valence-corrected chi connectivity index (χ2v) is 7.21. The number of hydrogen-bond acceptors (Lipinski definition) is 5. The van der Waals surface area contributed by atoms with Crippen molar-refractivity contribution in [3.63, 3.8) is 0 Å². The molecule has 0 unspecified atom stereocenters. The third-order valence-corrected chi connectivity index (χ3v) is 5.20. The number of oxazole rings is 1. The topological polar surface area (TPSA) is 101 Å². The normalized spacial score (nSPS) is 11.1. The van der Waals surface area contributed by atoms with Gasteiger partial charge in [0.1, 0.15) is 11.6 Å². The molecule has 2 amide bonds. The maximum atomic E-state index is 13.3. The minimum Gasteiger partial charge on any atom is -0.447 e. The van der Waals surface area contributed by atoms with Crippen LogP contribution in [-0.2, 0) is 16.4 Å². The van der Waals surface area contributed by atoms with E-state index in [9.17, 15) is 17.6 Å². The van der Waals surface area contributed by atoms with E-state index in [1.807, 2.05) is 0 Å². The van der Waals surface area contributed by atoms with Gasteiger partial charge in [0, 0.05) is 5.69 Å². The van der Waals surface area contributed by atoms with Gasteiger partial charge in [-0.1, -0.05) is 6.07 Å². The summed E-state index contributed by atoms with van der Waals surface area (Å²) in [5, 5.41) is 5.13. The molecule has 26 heavy (non-hydrogen) atoms. The molecule has 1 aromatic heterocycles. The summed E-state index contributed by atoms with van der Waals surface area (Å²) in [6, 6.07) is 9.86. The number of anilines is 1. The molecule has 134 valence electrons. The van der Waals surface area contributed by atoms with Crippen LogP contribution in [0.1, 0.15) is 5.76 Å². The van der Waals surface area contributed by atoms with Gasteiger partial charge >= 0.3 is 6.03 Å². The Morgan fingerprint density at radius 2 is 1.88 bits per heavy atom. The van der Waals surface area contributed by atoms with Crippen molar-refractivity contribution < 1.29 is 22.0 Å². The van der Waals surface area contributed by atoms with Gasteiger partial charge in [-0.3, -0.25) is 0 Å². The van der Waals surface area contributed by atoms with Crippen molar-refractivity contribution >= 4 is 21.6 Å². The molecule has 9 heteroatoms. The van der Waals surface area contributed by atoms with Crippen LogP contribution in [0, 0.1) is 5.82 Å². The summed E-state index contributed by atoms with van der Waals surface area (Å²) in [7, 11) is -3.83. The van der Waals surface area contributed by atoms with Crippen molar-refractivity contribution in [2.45, 2.75) is 16.3 Å². The van der Waals surface area contributed by atoms with E-state index in [2.05, 4.69) is 15.6 Å². The zero-order valence-electron chi connectivity index (χ0n) is 13.3. The van der Waals surface area contributed by atoms with Crippen LogP contribution in [-0.4, -0.2) is 19.4 Å². The average molecular weight is 375 g/mol. The van der Waals surface area contributed by atoms with Gasteiger partial charge in [0.05, 0.1) is 22.5 Å². The number of rotatable bonds is 5. The standard InChI is InChI=1S/C17H14FN3O4S/c18-12-2-1-3-16(8-12)26(23,24)15-6-4-13(5-7-15)21-17(22)20-10-14-9-19-11-25-14/h1-9,11H,10H2,(H2,20,21,22). The lowest BCUT2D eigenvalue weighted by Crippen LogP contribution is -2.27. The van der Waals surface area contributed by atoms with E-state index >= 15 is 0 Å². The van der Waals surface area contributed by atoms with Crippen LogP contribution in [0.15, 0.2) is 75.3 Å². The molecule has 1 heterocycles. The van der Waals surface area contributed by atoms with Crippen LogP contribution < -0.4 is 10.6 Å². The largest absolute Gasteiger partial charge is 0.447 e. The lowest BCUT2D eigenvalue weighted by atomic mass is 10.3. The SMILES string of the molecule is O=C(NCc1cnco1)Nc1ccc(S(=O)(=O)c2cccc(F)c2)cc1. The Hall–Kier alpha value is -3.20. The number of nitrogens with zero attached hydrogens (tertiary/aromatic N) is 1. The van der Waals surface area contributed by atoms with E-state index in [1.54, 1.807) is 0 Å². The fraction of sp³-hybridized carbons (Fsp3) is 0.0588. The van der Waals surface area contributed by atoms with Crippen molar-refractivity contribution in [2.75, 3.05) is 5.32 Å². The number of aromatic nitrogens is 1.